The Balaban J connectivity index is 1.49. The van der Waals surface area contributed by atoms with E-state index >= 15 is 0 Å². The molecule has 0 saturated heterocycles. The van der Waals surface area contributed by atoms with E-state index < -0.39 is 24.6 Å². The van der Waals surface area contributed by atoms with E-state index in [1.54, 1.807) is 20.0 Å². The Morgan fingerprint density at radius 1 is 1.08 bits per heavy atom. The Kier molecular flexibility index (Phi) is 7.66. The normalized spacial score (nSPS) is 17.9. The fraction of sp³-hybridized carbons (Fsp3) is 0.308. The molecule has 10 heteroatoms. The molecule has 0 aliphatic carbocycles. The topological polar surface area (TPSA) is 133 Å². The molecule has 0 saturated carbocycles. The van der Waals surface area contributed by atoms with Crippen molar-refractivity contribution in [2.75, 3.05) is 6.54 Å². The van der Waals surface area contributed by atoms with E-state index in [9.17, 15) is 19.6 Å². The van der Waals surface area contributed by atoms with Crippen molar-refractivity contribution in [3.05, 3.63) is 78.1 Å². The predicted molar refractivity (Wildman–Crippen MR) is 137 cm³/mol. The van der Waals surface area contributed by atoms with Crippen LogP contribution in [0.25, 0.3) is 10.8 Å². The third kappa shape index (κ3) is 5.55. The molecule has 4 N–H and O–H groups in total. The van der Waals surface area contributed by atoms with Crippen LogP contribution in [0, 0.1) is 5.92 Å². The highest BCUT2D eigenvalue weighted by molar-refractivity contribution is 6.43. The number of carbonyl (C=O) groups is 2. The lowest BCUT2D eigenvalue weighted by atomic mass is 9.72. The van der Waals surface area contributed by atoms with Crippen LogP contribution in [0.3, 0.4) is 0 Å². The van der Waals surface area contributed by atoms with Crippen LogP contribution in [0.5, 0.6) is 0 Å². The molecule has 2 heterocycles. The summed E-state index contributed by atoms with van der Waals surface area (Å²) in [5, 5.41) is 30.8. The first-order chi connectivity index (χ1) is 17.3. The van der Waals surface area contributed by atoms with Crippen molar-refractivity contribution in [2.24, 2.45) is 11.1 Å². The summed E-state index contributed by atoms with van der Waals surface area (Å²) in [6.07, 6.45) is 1.94. The molecule has 2 atom stereocenters. The maximum absolute atomic E-state index is 13.4. The average molecular weight is 488 g/mol. The number of hydrogen-bond donors (Lipinski definition) is 4. The second-order valence-corrected chi connectivity index (χ2v) is 9.30. The molecule has 0 radical (unpaired) electrons. The van der Waals surface area contributed by atoms with Crippen LogP contribution in [0.2, 0.25) is 0 Å². The van der Waals surface area contributed by atoms with Crippen molar-refractivity contribution in [2.45, 2.75) is 38.2 Å². The Hall–Kier alpha value is -3.76. The first-order valence-electron chi connectivity index (χ1n) is 11.9. The van der Waals surface area contributed by atoms with Gasteiger partial charge in [0.1, 0.15) is 5.69 Å². The lowest BCUT2D eigenvalue weighted by molar-refractivity contribution is -0.144. The van der Waals surface area contributed by atoms with Gasteiger partial charge in [0.15, 0.2) is 0 Å². The molecular formula is C26H29BN4O5. The molecule has 1 aliphatic heterocycles. The monoisotopic (exact) mass is 488 g/mol. The molecule has 4 rings (SSSR count). The Morgan fingerprint density at radius 2 is 1.81 bits per heavy atom. The number of rotatable bonds is 9. The van der Waals surface area contributed by atoms with Crippen molar-refractivity contribution in [1.82, 2.24) is 15.6 Å². The van der Waals surface area contributed by atoms with Crippen molar-refractivity contribution < 1.29 is 24.5 Å². The second kappa shape index (κ2) is 10.9. The summed E-state index contributed by atoms with van der Waals surface area (Å²) in [7, 11) is -1.72. The van der Waals surface area contributed by atoms with E-state index in [2.05, 4.69) is 20.8 Å². The van der Waals surface area contributed by atoms with Crippen molar-refractivity contribution in [3.63, 3.8) is 0 Å². The number of fused-ring (bicyclic) bond motifs is 1. The van der Waals surface area contributed by atoms with Gasteiger partial charge in [0, 0.05) is 24.4 Å². The van der Waals surface area contributed by atoms with Crippen LogP contribution in [-0.2, 0) is 16.1 Å². The Morgan fingerprint density at radius 3 is 2.53 bits per heavy atom. The molecule has 1 aliphatic rings. The number of nitrogens with one attached hydrogen (secondary N) is 2. The zero-order chi connectivity index (χ0) is 25.7. The lowest BCUT2D eigenvalue weighted by Gasteiger charge is -2.29. The zero-order valence-corrected chi connectivity index (χ0v) is 20.2. The van der Waals surface area contributed by atoms with Crippen LogP contribution in [0.15, 0.2) is 72.0 Å². The van der Waals surface area contributed by atoms with Gasteiger partial charge in [-0.15, -0.1) is 0 Å². The molecular weight excluding hydrogens is 459 g/mol. The van der Waals surface area contributed by atoms with E-state index in [1.807, 2.05) is 60.7 Å². The minimum absolute atomic E-state index is 0.0732. The van der Waals surface area contributed by atoms with Gasteiger partial charge in [-0.05, 0) is 22.9 Å². The van der Waals surface area contributed by atoms with Crippen molar-refractivity contribution in [3.8, 4) is 0 Å². The van der Waals surface area contributed by atoms with Gasteiger partial charge >= 0.3 is 7.12 Å². The standard InChI is InChI=1S/C26H29BN4O5/c1-17(2)23(27(34)35)30-25(33)26(14-18-8-4-3-5-9-18)15-20(31-36-26)16-29-24(32)22-21-11-7-6-10-19(21)12-13-28-22/h3-13,17,23,34-35H,14-16H2,1-2H3,(H,29,32)(H,30,33). The number of benzene rings is 2. The summed E-state index contributed by atoms with van der Waals surface area (Å²) in [6, 6.07) is 18.7. The molecule has 1 aromatic heterocycles. The highest BCUT2D eigenvalue weighted by Gasteiger charge is 2.48. The van der Waals surface area contributed by atoms with E-state index in [-0.39, 0.29) is 31.2 Å². The van der Waals surface area contributed by atoms with Crippen LogP contribution in [0.1, 0.15) is 36.3 Å². The summed E-state index contributed by atoms with van der Waals surface area (Å²) < 4.78 is 0. The highest BCUT2D eigenvalue weighted by atomic mass is 16.7. The SMILES string of the molecule is CC(C)C(NC(=O)C1(Cc2ccccc2)CC(CNC(=O)c2nccc3ccccc23)=NO1)B(O)O. The number of nitrogens with zero attached hydrogens (tertiary/aromatic N) is 2. The van der Waals surface area contributed by atoms with E-state index in [4.69, 9.17) is 4.84 Å². The Bertz CT molecular complexity index is 1250. The number of carbonyl (C=O) groups excluding carboxylic acids is 2. The van der Waals surface area contributed by atoms with Crippen molar-refractivity contribution in [1.29, 1.82) is 0 Å². The van der Waals surface area contributed by atoms with Gasteiger partial charge in [-0.25, -0.2) is 0 Å². The van der Waals surface area contributed by atoms with Gasteiger partial charge in [-0.1, -0.05) is 73.6 Å². The summed E-state index contributed by atoms with van der Waals surface area (Å²) in [5.74, 6) is -1.96. The minimum Gasteiger partial charge on any atom is -0.426 e. The predicted octanol–water partition coefficient (Wildman–Crippen LogP) is 1.88. The molecule has 0 spiro atoms. The molecule has 36 heavy (non-hydrogen) atoms. The zero-order valence-electron chi connectivity index (χ0n) is 20.2. The van der Waals surface area contributed by atoms with Gasteiger partial charge in [-0.3, -0.25) is 14.6 Å². The number of oxime groups is 1. The van der Waals surface area contributed by atoms with E-state index in [1.165, 1.54) is 0 Å². The molecule has 9 nitrogen and oxygen atoms in total. The maximum atomic E-state index is 13.4. The summed E-state index contributed by atoms with van der Waals surface area (Å²) in [4.78, 5) is 36.3. The molecule has 0 bridgehead atoms. The molecule has 186 valence electrons. The molecule has 2 amide bonds. The lowest BCUT2D eigenvalue weighted by Crippen LogP contribution is -2.57. The third-order valence-electron chi connectivity index (χ3n) is 6.26. The van der Waals surface area contributed by atoms with Crippen LogP contribution in [-0.4, -0.2) is 57.8 Å². The van der Waals surface area contributed by atoms with Crippen LogP contribution >= 0.6 is 0 Å². The maximum Gasteiger partial charge on any atom is 0.475 e. The van der Waals surface area contributed by atoms with Crippen molar-refractivity contribution >= 4 is 35.4 Å². The van der Waals surface area contributed by atoms with Gasteiger partial charge in [0.05, 0.1) is 18.2 Å². The fourth-order valence-electron chi connectivity index (χ4n) is 4.30. The fourth-order valence-corrected chi connectivity index (χ4v) is 4.30. The number of hydrogen-bond acceptors (Lipinski definition) is 7. The number of amides is 2. The quantitative estimate of drug-likeness (QED) is 0.340. The largest absolute Gasteiger partial charge is 0.475 e. The number of aromatic nitrogens is 1. The first-order valence-corrected chi connectivity index (χ1v) is 11.9. The van der Waals surface area contributed by atoms with Gasteiger partial charge < -0.3 is 25.5 Å². The Labute approximate surface area is 209 Å². The molecule has 2 aromatic carbocycles. The average Bonchev–Trinajstić information content (AvgIpc) is 3.29. The third-order valence-corrected chi connectivity index (χ3v) is 6.26. The van der Waals surface area contributed by atoms with E-state index in [0.29, 0.717) is 11.4 Å². The summed E-state index contributed by atoms with van der Waals surface area (Å²) in [6.45, 7) is 3.63. The van der Waals surface area contributed by atoms with Crippen LogP contribution in [0.4, 0.5) is 0 Å². The highest BCUT2D eigenvalue weighted by Crippen LogP contribution is 2.29. The smallest absolute Gasteiger partial charge is 0.426 e. The number of pyridine rings is 1. The summed E-state index contributed by atoms with van der Waals surface area (Å²) >= 11 is 0. The van der Waals surface area contributed by atoms with Gasteiger partial charge in [0.2, 0.25) is 5.60 Å². The first kappa shape index (κ1) is 25.3. The minimum atomic E-state index is -1.72. The van der Waals surface area contributed by atoms with E-state index in [0.717, 1.165) is 16.3 Å². The molecule has 3 aromatic rings. The second-order valence-electron chi connectivity index (χ2n) is 9.30. The summed E-state index contributed by atoms with van der Waals surface area (Å²) in [5.41, 5.74) is 0.262. The molecule has 2 unspecified atom stereocenters. The van der Waals surface area contributed by atoms with Crippen LogP contribution < -0.4 is 10.6 Å². The van der Waals surface area contributed by atoms with Gasteiger partial charge in [0.25, 0.3) is 11.8 Å². The molecule has 0 fully saturated rings. The van der Waals surface area contributed by atoms with Gasteiger partial charge in [-0.2, -0.15) is 0 Å².